The summed E-state index contributed by atoms with van der Waals surface area (Å²) in [6.45, 7) is -0.0937. The van der Waals surface area contributed by atoms with E-state index >= 15 is 0 Å². The molecule has 26 heavy (non-hydrogen) atoms. The Kier molecular flexibility index (Phi) is 5.44. The average Bonchev–Trinajstić information content (AvgIpc) is 3.22. The van der Waals surface area contributed by atoms with E-state index in [1.54, 1.807) is 43.4 Å². The lowest BCUT2D eigenvalue weighted by atomic mass is 10.1. The minimum Gasteiger partial charge on any atom is -0.392 e. The maximum Gasteiger partial charge on any atom is 0.258 e. The van der Waals surface area contributed by atoms with E-state index in [9.17, 15) is 18.3 Å². The fourth-order valence-electron chi connectivity index (χ4n) is 3.35. The molecule has 0 aromatic heterocycles. The lowest BCUT2D eigenvalue weighted by Crippen LogP contribution is -2.26. The molecule has 1 aliphatic rings. The minimum atomic E-state index is -3.32. The van der Waals surface area contributed by atoms with E-state index in [1.807, 2.05) is 0 Å². The summed E-state index contributed by atoms with van der Waals surface area (Å²) in [6.07, 6.45) is 3.34. The van der Waals surface area contributed by atoms with Crippen molar-refractivity contribution in [3.05, 3.63) is 59.7 Å². The van der Waals surface area contributed by atoms with Crippen LogP contribution in [0.4, 0.5) is 5.69 Å². The Balaban J connectivity index is 1.80. The van der Waals surface area contributed by atoms with E-state index in [-0.39, 0.29) is 22.7 Å². The molecule has 0 bridgehead atoms. The highest BCUT2D eigenvalue weighted by Gasteiger charge is 2.30. The molecular weight excluding hydrogens is 350 g/mol. The number of anilines is 1. The average molecular weight is 373 g/mol. The first-order valence-electron chi connectivity index (χ1n) is 8.75. The number of nitrogens with zero attached hydrogens (tertiary/aromatic N) is 1. The van der Waals surface area contributed by atoms with E-state index in [4.69, 9.17) is 0 Å². The number of hydrogen-bond donors (Lipinski definition) is 1. The van der Waals surface area contributed by atoms with Gasteiger partial charge in [0.25, 0.3) is 5.91 Å². The summed E-state index contributed by atoms with van der Waals surface area (Å²) in [7, 11) is -1.66. The van der Waals surface area contributed by atoms with Gasteiger partial charge in [0.2, 0.25) is 0 Å². The molecule has 2 aromatic rings. The number of amides is 1. The van der Waals surface area contributed by atoms with E-state index in [1.165, 1.54) is 17.0 Å². The van der Waals surface area contributed by atoms with Gasteiger partial charge in [0, 0.05) is 18.3 Å². The van der Waals surface area contributed by atoms with Gasteiger partial charge in [0.15, 0.2) is 9.84 Å². The SMILES string of the molecule is CN(C(=O)c1ccc(S(=O)(=O)C2CCCC2)cc1)c1cccc(CO)c1. The molecule has 6 heteroatoms. The van der Waals surface area contributed by atoms with Crippen molar-refractivity contribution in [1.29, 1.82) is 0 Å². The first kappa shape index (κ1) is 18.6. The molecule has 0 aliphatic heterocycles. The predicted molar refractivity (Wildman–Crippen MR) is 101 cm³/mol. The standard InChI is InChI=1S/C20H23NO4S/c1-21(17-6-4-5-15(13-17)14-22)20(23)16-9-11-19(12-10-16)26(24,25)18-7-2-3-8-18/h4-6,9-13,18,22H,2-3,7-8,14H2,1H3. The molecule has 1 amide bonds. The topological polar surface area (TPSA) is 74.7 Å². The third-order valence-corrected chi connectivity index (χ3v) is 7.23. The fraction of sp³-hybridized carbons (Fsp3) is 0.350. The largest absolute Gasteiger partial charge is 0.392 e. The van der Waals surface area contributed by atoms with Crippen LogP contribution in [0.3, 0.4) is 0 Å². The molecule has 1 N–H and O–H groups in total. The second-order valence-electron chi connectivity index (χ2n) is 6.67. The lowest BCUT2D eigenvalue weighted by molar-refractivity contribution is 0.0993. The zero-order valence-electron chi connectivity index (χ0n) is 14.8. The number of hydrogen-bond acceptors (Lipinski definition) is 4. The number of carbonyl (C=O) groups excluding carboxylic acids is 1. The number of aliphatic hydroxyl groups is 1. The molecule has 5 nitrogen and oxygen atoms in total. The van der Waals surface area contributed by atoms with Gasteiger partial charge in [-0.2, -0.15) is 0 Å². The zero-order chi connectivity index (χ0) is 18.7. The van der Waals surface area contributed by atoms with Crippen molar-refractivity contribution in [3.8, 4) is 0 Å². The first-order chi connectivity index (χ1) is 12.4. The fourth-order valence-corrected chi connectivity index (χ4v) is 5.21. The molecule has 0 unspecified atom stereocenters. The molecule has 1 fully saturated rings. The van der Waals surface area contributed by atoms with E-state index in [0.717, 1.165) is 18.4 Å². The van der Waals surface area contributed by atoms with Crippen LogP contribution in [-0.2, 0) is 16.4 Å². The molecule has 3 rings (SSSR count). The summed E-state index contributed by atoms with van der Waals surface area (Å²) in [5.41, 5.74) is 1.82. The quantitative estimate of drug-likeness (QED) is 0.873. The van der Waals surface area contributed by atoms with Gasteiger partial charge in [-0.15, -0.1) is 0 Å². The van der Waals surface area contributed by atoms with Crippen molar-refractivity contribution in [3.63, 3.8) is 0 Å². The summed E-state index contributed by atoms with van der Waals surface area (Å²) in [5, 5.41) is 8.94. The van der Waals surface area contributed by atoms with Crippen molar-refractivity contribution < 1.29 is 18.3 Å². The Hall–Kier alpha value is -2.18. The van der Waals surface area contributed by atoms with E-state index in [0.29, 0.717) is 24.1 Å². The Morgan fingerprint density at radius 3 is 2.38 bits per heavy atom. The van der Waals surface area contributed by atoms with Gasteiger partial charge in [0.1, 0.15) is 0 Å². The van der Waals surface area contributed by atoms with Crippen molar-refractivity contribution >= 4 is 21.4 Å². The van der Waals surface area contributed by atoms with Crippen LogP contribution in [-0.4, -0.2) is 31.7 Å². The molecule has 0 radical (unpaired) electrons. The molecule has 2 aromatic carbocycles. The Bertz CT molecular complexity index is 884. The van der Waals surface area contributed by atoms with Crippen LogP contribution in [0, 0.1) is 0 Å². The highest BCUT2D eigenvalue weighted by Crippen LogP contribution is 2.29. The zero-order valence-corrected chi connectivity index (χ0v) is 15.6. The van der Waals surface area contributed by atoms with Crippen LogP contribution in [0.15, 0.2) is 53.4 Å². The van der Waals surface area contributed by atoms with Crippen LogP contribution in [0.25, 0.3) is 0 Å². The Morgan fingerprint density at radius 2 is 1.77 bits per heavy atom. The first-order valence-corrected chi connectivity index (χ1v) is 10.3. The Labute approximate surface area is 154 Å². The number of rotatable bonds is 5. The molecular formula is C20H23NO4S. The summed E-state index contributed by atoms with van der Waals surface area (Å²) in [5.74, 6) is -0.232. The summed E-state index contributed by atoms with van der Waals surface area (Å²) < 4.78 is 25.2. The molecule has 1 aliphatic carbocycles. The van der Waals surface area contributed by atoms with Crippen LogP contribution in [0.5, 0.6) is 0 Å². The number of sulfone groups is 1. The normalized spacial score (nSPS) is 15.2. The predicted octanol–water partition coefficient (Wildman–Crippen LogP) is 3.17. The van der Waals surface area contributed by atoms with Gasteiger partial charge in [-0.05, 0) is 54.8 Å². The minimum absolute atomic E-state index is 0.0937. The monoisotopic (exact) mass is 373 g/mol. The van der Waals surface area contributed by atoms with Gasteiger partial charge in [-0.25, -0.2) is 8.42 Å². The molecule has 1 saturated carbocycles. The number of benzene rings is 2. The third kappa shape index (κ3) is 3.66. The van der Waals surface area contributed by atoms with Crippen LogP contribution in [0.2, 0.25) is 0 Å². The maximum absolute atomic E-state index is 12.7. The van der Waals surface area contributed by atoms with Gasteiger partial charge in [-0.3, -0.25) is 4.79 Å². The van der Waals surface area contributed by atoms with Gasteiger partial charge < -0.3 is 10.0 Å². The van der Waals surface area contributed by atoms with Crippen molar-refractivity contribution in [1.82, 2.24) is 0 Å². The highest BCUT2D eigenvalue weighted by molar-refractivity contribution is 7.92. The summed E-state index contributed by atoms with van der Waals surface area (Å²) >= 11 is 0. The molecule has 0 atom stereocenters. The molecule has 0 saturated heterocycles. The van der Waals surface area contributed by atoms with E-state index in [2.05, 4.69) is 0 Å². The third-order valence-electron chi connectivity index (χ3n) is 4.96. The molecule has 0 spiro atoms. The van der Waals surface area contributed by atoms with Crippen molar-refractivity contribution in [2.75, 3.05) is 11.9 Å². The van der Waals surface area contributed by atoms with Gasteiger partial charge >= 0.3 is 0 Å². The molecule has 0 heterocycles. The van der Waals surface area contributed by atoms with E-state index < -0.39 is 9.84 Å². The molecule has 138 valence electrons. The summed E-state index contributed by atoms with van der Waals surface area (Å²) in [4.78, 5) is 14.4. The van der Waals surface area contributed by atoms with Gasteiger partial charge in [-0.1, -0.05) is 25.0 Å². The maximum atomic E-state index is 12.7. The second-order valence-corrected chi connectivity index (χ2v) is 8.90. The van der Waals surface area contributed by atoms with Crippen LogP contribution in [0.1, 0.15) is 41.6 Å². The highest BCUT2D eigenvalue weighted by atomic mass is 32.2. The number of aliphatic hydroxyl groups excluding tert-OH is 1. The Morgan fingerprint density at radius 1 is 1.12 bits per heavy atom. The lowest BCUT2D eigenvalue weighted by Gasteiger charge is -2.18. The van der Waals surface area contributed by atoms with Crippen molar-refractivity contribution in [2.24, 2.45) is 0 Å². The van der Waals surface area contributed by atoms with Gasteiger partial charge in [0.05, 0.1) is 16.8 Å². The smallest absolute Gasteiger partial charge is 0.258 e. The number of carbonyl (C=O) groups is 1. The second kappa shape index (κ2) is 7.60. The van der Waals surface area contributed by atoms with Crippen molar-refractivity contribution in [2.45, 2.75) is 42.4 Å². The summed E-state index contributed by atoms with van der Waals surface area (Å²) in [6, 6.07) is 13.3. The van der Waals surface area contributed by atoms with Crippen LogP contribution < -0.4 is 4.90 Å². The van der Waals surface area contributed by atoms with Crippen LogP contribution >= 0.6 is 0 Å².